The van der Waals surface area contributed by atoms with Crippen molar-refractivity contribution in [2.45, 2.75) is 30.4 Å². The molecule has 0 N–H and O–H groups in total. The summed E-state index contributed by atoms with van der Waals surface area (Å²) < 4.78 is 39.9. The van der Waals surface area contributed by atoms with E-state index >= 15 is 0 Å². The number of methoxy groups -OCH3 is 1. The molecule has 0 spiro atoms. The smallest absolute Gasteiger partial charge is 0.264 e. The Kier molecular flexibility index (Phi) is 7.73. The molecule has 0 aromatic heterocycles. The molecule has 35 heavy (non-hydrogen) atoms. The second-order valence-electron chi connectivity index (χ2n) is 8.54. The van der Waals surface area contributed by atoms with Gasteiger partial charge in [0.25, 0.3) is 15.9 Å². The van der Waals surface area contributed by atoms with E-state index in [2.05, 4.69) is 0 Å². The van der Waals surface area contributed by atoms with E-state index in [1.807, 2.05) is 30.3 Å². The number of amides is 1. The Morgan fingerprint density at radius 1 is 1.03 bits per heavy atom. The molecular weight excluding hydrogens is 464 g/mol. The largest absolute Gasteiger partial charge is 0.497 e. The average molecular weight is 495 g/mol. The minimum atomic E-state index is -3.98. The normalized spacial score (nSPS) is 15.5. The van der Waals surface area contributed by atoms with Crippen LogP contribution in [0.2, 0.25) is 0 Å². The summed E-state index contributed by atoms with van der Waals surface area (Å²) >= 11 is 0. The summed E-state index contributed by atoms with van der Waals surface area (Å²) in [6.07, 6.45) is 1.93. The van der Waals surface area contributed by atoms with Gasteiger partial charge in [0.05, 0.1) is 30.3 Å². The molecule has 7 nitrogen and oxygen atoms in total. The van der Waals surface area contributed by atoms with Crippen LogP contribution in [0.1, 0.15) is 28.8 Å². The Balaban J connectivity index is 1.65. The van der Waals surface area contributed by atoms with Gasteiger partial charge < -0.3 is 14.4 Å². The van der Waals surface area contributed by atoms with Gasteiger partial charge in [0.2, 0.25) is 0 Å². The van der Waals surface area contributed by atoms with Crippen LogP contribution in [0, 0.1) is 0 Å². The van der Waals surface area contributed by atoms with E-state index in [-0.39, 0.29) is 23.5 Å². The molecule has 1 heterocycles. The van der Waals surface area contributed by atoms with Crippen molar-refractivity contribution in [1.29, 1.82) is 0 Å². The molecule has 4 rings (SSSR count). The van der Waals surface area contributed by atoms with Crippen molar-refractivity contribution in [1.82, 2.24) is 4.90 Å². The molecule has 0 bridgehead atoms. The van der Waals surface area contributed by atoms with Crippen molar-refractivity contribution in [2.75, 3.05) is 31.6 Å². The van der Waals surface area contributed by atoms with Crippen LogP contribution in [-0.4, -0.2) is 52.6 Å². The molecule has 3 aromatic rings. The first kappa shape index (κ1) is 24.8. The van der Waals surface area contributed by atoms with Gasteiger partial charge in [-0.15, -0.1) is 0 Å². The van der Waals surface area contributed by atoms with Gasteiger partial charge in [0.1, 0.15) is 5.75 Å². The fourth-order valence-corrected chi connectivity index (χ4v) is 5.63. The van der Waals surface area contributed by atoms with Crippen molar-refractivity contribution in [2.24, 2.45) is 0 Å². The molecule has 8 heteroatoms. The van der Waals surface area contributed by atoms with E-state index in [0.717, 1.165) is 18.4 Å². The lowest BCUT2D eigenvalue weighted by Gasteiger charge is -2.25. The van der Waals surface area contributed by atoms with Gasteiger partial charge in [-0.25, -0.2) is 8.42 Å². The Morgan fingerprint density at radius 2 is 1.77 bits per heavy atom. The van der Waals surface area contributed by atoms with Crippen LogP contribution in [0.25, 0.3) is 0 Å². The van der Waals surface area contributed by atoms with Crippen molar-refractivity contribution in [3.63, 3.8) is 0 Å². The molecule has 0 saturated carbocycles. The van der Waals surface area contributed by atoms with E-state index in [0.29, 0.717) is 30.2 Å². The molecule has 1 unspecified atom stereocenters. The Bertz CT molecular complexity index is 1240. The van der Waals surface area contributed by atoms with Crippen LogP contribution in [0.4, 0.5) is 5.69 Å². The predicted octanol–water partition coefficient (Wildman–Crippen LogP) is 4.34. The average Bonchev–Trinajstić information content (AvgIpc) is 3.40. The third-order valence-electron chi connectivity index (χ3n) is 6.05. The van der Waals surface area contributed by atoms with Crippen molar-refractivity contribution < 1.29 is 22.7 Å². The summed E-state index contributed by atoms with van der Waals surface area (Å²) in [7, 11) is -0.705. The van der Waals surface area contributed by atoms with Gasteiger partial charge in [-0.1, -0.05) is 36.4 Å². The molecular formula is C27H30N2O5S. The third kappa shape index (κ3) is 5.83. The number of benzene rings is 3. The maximum absolute atomic E-state index is 13.9. The monoisotopic (exact) mass is 494 g/mol. The first-order valence-corrected chi connectivity index (χ1v) is 13.0. The second kappa shape index (κ2) is 10.9. The van der Waals surface area contributed by atoms with E-state index in [1.165, 1.54) is 16.4 Å². The summed E-state index contributed by atoms with van der Waals surface area (Å²) in [4.78, 5) is 14.7. The molecule has 1 atom stereocenters. The van der Waals surface area contributed by atoms with Crippen LogP contribution in [0.5, 0.6) is 5.75 Å². The number of hydrogen-bond acceptors (Lipinski definition) is 5. The van der Waals surface area contributed by atoms with Gasteiger partial charge in [-0.05, 0) is 60.9 Å². The number of ether oxygens (including phenoxy) is 2. The van der Waals surface area contributed by atoms with E-state index < -0.39 is 10.0 Å². The highest BCUT2D eigenvalue weighted by Gasteiger charge is 2.27. The lowest BCUT2D eigenvalue weighted by Crippen LogP contribution is -2.34. The highest BCUT2D eigenvalue weighted by molar-refractivity contribution is 7.92. The Morgan fingerprint density at radius 3 is 2.43 bits per heavy atom. The molecule has 1 aliphatic rings. The number of likely N-dealkylation sites (N-methyl/N-ethyl adjacent to an activating group) is 1. The van der Waals surface area contributed by atoms with Gasteiger partial charge in [0.15, 0.2) is 0 Å². The van der Waals surface area contributed by atoms with Gasteiger partial charge in [-0.2, -0.15) is 0 Å². The summed E-state index contributed by atoms with van der Waals surface area (Å²) in [5.41, 5.74) is 1.67. The van der Waals surface area contributed by atoms with Crippen molar-refractivity contribution >= 4 is 21.6 Å². The molecule has 1 saturated heterocycles. The lowest BCUT2D eigenvalue weighted by molar-refractivity contribution is 0.0587. The molecule has 1 aliphatic heterocycles. The Labute approximate surface area is 206 Å². The topological polar surface area (TPSA) is 76.2 Å². The zero-order valence-electron chi connectivity index (χ0n) is 20.0. The van der Waals surface area contributed by atoms with E-state index in [4.69, 9.17) is 9.47 Å². The minimum absolute atomic E-state index is 0.0206. The minimum Gasteiger partial charge on any atom is -0.497 e. The molecule has 1 fully saturated rings. The SMILES string of the molecule is COc1ccc(N(Cc2ccccc2)S(=O)(=O)c2cccc(C(=O)N(C)CC3CCCO3)c2)cc1. The van der Waals surface area contributed by atoms with Gasteiger partial charge in [0, 0.05) is 25.8 Å². The standard InChI is InChI=1S/C27H30N2O5S/c1-28(20-25-11-7-17-34-25)27(30)22-10-6-12-26(18-22)35(31,32)29(19-21-8-4-3-5-9-21)23-13-15-24(33-2)16-14-23/h3-6,8-10,12-16,18,25H,7,11,17,19-20H2,1-2H3. The van der Waals surface area contributed by atoms with E-state index in [1.54, 1.807) is 55.5 Å². The maximum Gasteiger partial charge on any atom is 0.264 e. The Hall–Kier alpha value is -3.36. The zero-order chi connectivity index (χ0) is 24.8. The molecule has 184 valence electrons. The number of sulfonamides is 1. The van der Waals surface area contributed by atoms with Crippen LogP contribution < -0.4 is 9.04 Å². The first-order chi connectivity index (χ1) is 16.9. The lowest BCUT2D eigenvalue weighted by atomic mass is 10.2. The van der Waals surface area contributed by atoms with Crippen LogP contribution >= 0.6 is 0 Å². The van der Waals surface area contributed by atoms with Gasteiger partial charge in [-0.3, -0.25) is 9.10 Å². The van der Waals surface area contributed by atoms with Gasteiger partial charge >= 0.3 is 0 Å². The maximum atomic E-state index is 13.9. The summed E-state index contributed by atoms with van der Waals surface area (Å²) in [5, 5.41) is 0. The summed E-state index contributed by atoms with van der Waals surface area (Å²) in [6, 6.07) is 22.5. The van der Waals surface area contributed by atoms with Crippen molar-refractivity contribution in [3.8, 4) is 5.75 Å². The number of carbonyl (C=O) groups excluding carboxylic acids is 1. The number of hydrogen-bond donors (Lipinski definition) is 0. The summed E-state index contributed by atoms with van der Waals surface area (Å²) in [6.45, 7) is 1.33. The number of carbonyl (C=O) groups is 1. The number of rotatable bonds is 9. The first-order valence-electron chi connectivity index (χ1n) is 11.6. The van der Waals surface area contributed by atoms with E-state index in [9.17, 15) is 13.2 Å². The second-order valence-corrected chi connectivity index (χ2v) is 10.4. The number of nitrogens with zero attached hydrogens (tertiary/aromatic N) is 2. The molecule has 1 amide bonds. The number of anilines is 1. The fraction of sp³-hybridized carbons (Fsp3) is 0.296. The van der Waals surface area contributed by atoms with Crippen LogP contribution in [-0.2, 0) is 21.3 Å². The highest BCUT2D eigenvalue weighted by atomic mass is 32.2. The quantitative estimate of drug-likeness (QED) is 0.442. The summed E-state index contributed by atoms with van der Waals surface area (Å²) in [5.74, 6) is 0.393. The molecule has 0 aliphatic carbocycles. The van der Waals surface area contributed by atoms with Crippen LogP contribution in [0.15, 0.2) is 83.8 Å². The molecule has 0 radical (unpaired) electrons. The molecule has 3 aromatic carbocycles. The van der Waals surface area contributed by atoms with Crippen LogP contribution in [0.3, 0.4) is 0 Å². The third-order valence-corrected chi connectivity index (χ3v) is 7.82. The predicted molar refractivity (Wildman–Crippen MR) is 135 cm³/mol. The fourth-order valence-electron chi connectivity index (χ4n) is 4.13. The highest BCUT2D eigenvalue weighted by Crippen LogP contribution is 2.28. The van der Waals surface area contributed by atoms with Crippen molar-refractivity contribution in [3.05, 3.63) is 90.0 Å². The zero-order valence-corrected chi connectivity index (χ0v) is 20.8.